The van der Waals surface area contributed by atoms with Gasteiger partial charge in [0.25, 0.3) is 0 Å². The van der Waals surface area contributed by atoms with E-state index in [9.17, 15) is 0 Å². The first-order valence-corrected chi connectivity index (χ1v) is 7.68. The van der Waals surface area contributed by atoms with Crippen molar-refractivity contribution in [2.75, 3.05) is 19.6 Å². The van der Waals surface area contributed by atoms with Crippen LogP contribution in [0, 0.1) is 11.8 Å². The van der Waals surface area contributed by atoms with E-state index in [0.717, 1.165) is 23.9 Å². The van der Waals surface area contributed by atoms with Gasteiger partial charge >= 0.3 is 0 Å². The van der Waals surface area contributed by atoms with E-state index in [0.29, 0.717) is 0 Å². The Labute approximate surface area is 107 Å². The highest BCUT2D eigenvalue weighted by molar-refractivity contribution is 4.86. The largest absolute Gasteiger partial charge is 0.311 e. The second-order valence-corrected chi connectivity index (χ2v) is 6.34. The normalized spacial score (nSPS) is 40.4. The van der Waals surface area contributed by atoms with Crippen molar-refractivity contribution in [3.8, 4) is 0 Å². The maximum absolute atomic E-state index is 3.66. The Balaban J connectivity index is 1.87. The third-order valence-electron chi connectivity index (χ3n) is 5.03. The number of hydrogen-bond acceptors (Lipinski definition) is 2. The molecule has 2 heteroatoms. The molecule has 0 spiro atoms. The van der Waals surface area contributed by atoms with Gasteiger partial charge in [0.15, 0.2) is 0 Å². The summed E-state index contributed by atoms with van der Waals surface area (Å²) in [6, 6.07) is 1.46. The molecule has 1 N–H and O–H groups in total. The number of piperazine rings is 1. The van der Waals surface area contributed by atoms with Gasteiger partial charge in [-0.3, -0.25) is 4.90 Å². The molecule has 2 rings (SSSR count). The minimum absolute atomic E-state index is 0.727. The molecule has 1 saturated carbocycles. The lowest BCUT2D eigenvalue weighted by molar-refractivity contribution is 0.0899. The van der Waals surface area contributed by atoms with Gasteiger partial charge in [-0.25, -0.2) is 0 Å². The third kappa shape index (κ3) is 3.45. The summed E-state index contributed by atoms with van der Waals surface area (Å²) in [6.07, 6.45) is 7.12. The van der Waals surface area contributed by atoms with Gasteiger partial charge in [-0.15, -0.1) is 0 Å². The molecule has 100 valence electrons. The lowest BCUT2D eigenvalue weighted by atomic mass is 9.80. The summed E-state index contributed by atoms with van der Waals surface area (Å²) < 4.78 is 0. The van der Waals surface area contributed by atoms with Crippen LogP contribution in [0.4, 0.5) is 0 Å². The van der Waals surface area contributed by atoms with Gasteiger partial charge in [0.05, 0.1) is 0 Å². The highest BCUT2D eigenvalue weighted by Crippen LogP contribution is 2.30. The summed E-state index contributed by atoms with van der Waals surface area (Å²) >= 11 is 0. The zero-order valence-corrected chi connectivity index (χ0v) is 11.9. The molecular weight excluding hydrogens is 208 g/mol. The molecule has 2 nitrogen and oxygen atoms in total. The van der Waals surface area contributed by atoms with E-state index in [1.165, 1.54) is 51.7 Å². The van der Waals surface area contributed by atoms with E-state index < -0.39 is 0 Å². The van der Waals surface area contributed by atoms with E-state index >= 15 is 0 Å². The Morgan fingerprint density at radius 1 is 1.18 bits per heavy atom. The summed E-state index contributed by atoms with van der Waals surface area (Å²) in [4.78, 5) is 2.75. The Hall–Kier alpha value is -0.0800. The Kier molecular flexibility index (Phi) is 4.87. The molecule has 0 aromatic rings. The topological polar surface area (TPSA) is 15.3 Å². The quantitative estimate of drug-likeness (QED) is 0.813. The molecule has 0 aromatic carbocycles. The summed E-state index contributed by atoms with van der Waals surface area (Å²) in [7, 11) is 0. The van der Waals surface area contributed by atoms with Crippen LogP contribution in [0.3, 0.4) is 0 Å². The molecule has 4 atom stereocenters. The fourth-order valence-corrected chi connectivity index (χ4v) is 3.49. The molecule has 1 heterocycles. The summed E-state index contributed by atoms with van der Waals surface area (Å²) in [6.45, 7) is 10.9. The molecule has 1 saturated heterocycles. The molecule has 17 heavy (non-hydrogen) atoms. The van der Waals surface area contributed by atoms with Gasteiger partial charge in [0.1, 0.15) is 0 Å². The highest BCUT2D eigenvalue weighted by atomic mass is 15.2. The molecule has 1 aliphatic carbocycles. The van der Waals surface area contributed by atoms with Crippen molar-refractivity contribution in [3.05, 3.63) is 0 Å². The second kappa shape index (κ2) is 6.19. The maximum Gasteiger partial charge on any atom is 0.0193 e. The lowest BCUT2D eigenvalue weighted by Crippen LogP contribution is -2.56. The number of nitrogens with one attached hydrogen (secondary N) is 1. The minimum atomic E-state index is 0.727. The molecule has 0 aromatic heterocycles. The van der Waals surface area contributed by atoms with Crippen molar-refractivity contribution in [3.63, 3.8) is 0 Å². The van der Waals surface area contributed by atoms with Crippen molar-refractivity contribution < 1.29 is 0 Å². The first-order chi connectivity index (χ1) is 8.20. The number of rotatable bonds is 3. The van der Waals surface area contributed by atoms with Crippen LogP contribution in [-0.2, 0) is 0 Å². The molecule has 0 amide bonds. The first kappa shape index (κ1) is 13.4. The Morgan fingerprint density at radius 3 is 2.65 bits per heavy atom. The predicted molar refractivity (Wildman–Crippen MR) is 74.2 cm³/mol. The molecule has 0 bridgehead atoms. The van der Waals surface area contributed by atoms with E-state index in [1.54, 1.807) is 0 Å². The summed E-state index contributed by atoms with van der Waals surface area (Å²) in [5.74, 6) is 1.91. The van der Waals surface area contributed by atoms with Crippen LogP contribution >= 0.6 is 0 Å². The number of nitrogens with zero attached hydrogens (tertiary/aromatic N) is 1. The highest BCUT2D eigenvalue weighted by Gasteiger charge is 2.29. The van der Waals surface area contributed by atoms with Gasteiger partial charge in [0, 0.05) is 31.7 Å². The molecule has 4 unspecified atom stereocenters. The van der Waals surface area contributed by atoms with Crippen LogP contribution in [0.2, 0.25) is 0 Å². The zero-order chi connectivity index (χ0) is 12.3. The second-order valence-electron chi connectivity index (χ2n) is 6.34. The lowest BCUT2D eigenvalue weighted by Gasteiger charge is -2.42. The molecule has 2 aliphatic rings. The van der Waals surface area contributed by atoms with Crippen LogP contribution in [0.15, 0.2) is 0 Å². The van der Waals surface area contributed by atoms with Crippen molar-refractivity contribution in [1.29, 1.82) is 0 Å². The van der Waals surface area contributed by atoms with Gasteiger partial charge in [-0.1, -0.05) is 33.1 Å². The van der Waals surface area contributed by atoms with Crippen LogP contribution < -0.4 is 5.32 Å². The monoisotopic (exact) mass is 238 g/mol. The first-order valence-electron chi connectivity index (χ1n) is 7.68. The SMILES string of the molecule is CCC1CN(CC2CCCCC2C)C(C)CN1. The van der Waals surface area contributed by atoms with E-state index in [1.807, 2.05) is 0 Å². The average molecular weight is 238 g/mol. The molecule has 1 aliphatic heterocycles. The predicted octanol–water partition coefficient (Wildman–Crippen LogP) is 2.89. The van der Waals surface area contributed by atoms with Crippen LogP contribution in [0.5, 0.6) is 0 Å². The fourth-order valence-electron chi connectivity index (χ4n) is 3.49. The summed E-state index contributed by atoms with van der Waals surface area (Å²) in [5.41, 5.74) is 0. The van der Waals surface area contributed by atoms with Crippen molar-refractivity contribution in [2.45, 2.75) is 65.0 Å². The van der Waals surface area contributed by atoms with Crippen LogP contribution in [0.25, 0.3) is 0 Å². The van der Waals surface area contributed by atoms with E-state index in [-0.39, 0.29) is 0 Å². The van der Waals surface area contributed by atoms with Crippen LogP contribution in [0.1, 0.15) is 52.9 Å². The zero-order valence-electron chi connectivity index (χ0n) is 11.9. The standard InChI is InChI=1S/C15H30N2/c1-4-15-11-17(13(3)9-16-15)10-14-8-6-5-7-12(14)2/h12-16H,4-11H2,1-3H3. The van der Waals surface area contributed by atoms with E-state index in [2.05, 4.69) is 31.0 Å². The van der Waals surface area contributed by atoms with Gasteiger partial charge in [-0.2, -0.15) is 0 Å². The van der Waals surface area contributed by atoms with Crippen molar-refractivity contribution in [1.82, 2.24) is 10.2 Å². The van der Waals surface area contributed by atoms with Gasteiger partial charge < -0.3 is 5.32 Å². The third-order valence-corrected chi connectivity index (χ3v) is 5.03. The van der Waals surface area contributed by atoms with Gasteiger partial charge in [-0.05, 0) is 31.6 Å². The van der Waals surface area contributed by atoms with Crippen LogP contribution in [-0.4, -0.2) is 36.6 Å². The fraction of sp³-hybridized carbons (Fsp3) is 1.00. The van der Waals surface area contributed by atoms with Crippen molar-refractivity contribution >= 4 is 0 Å². The molecule has 2 fully saturated rings. The molecule has 0 radical (unpaired) electrons. The Morgan fingerprint density at radius 2 is 1.94 bits per heavy atom. The smallest absolute Gasteiger partial charge is 0.0193 e. The number of hydrogen-bond donors (Lipinski definition) is 1. The van der Waals surface area contributed by atoms with E-state index in [4.69, 9.17) is 0 Å². The Bertz CT molecular complexity index is 229. The minimum Gasteiger partial charge on any atom is -0.311 e. The maximum atomic E-state index is 3.66. The summed E-state index contributed by atoms with van der Waals surface area (Å²) in [5, 5.41) is 3.66. The van der Waals surface area contributed by atoms with Gasteiger partial charge in [0.2, 0.25) is 0 Å². The average Bonchev–Trinajstić information content (AvgIpc) is 2.35. The molecular formula is C15H30N2. The van der Waals surface area contributed by atoms with Crippen molar-refractivity contribution in [2.24, 2.45) is 11.8 Å².